The van der Waals surface area contributed by atoms with Crippen LogP contribution in [0.3, 0.4) is 0 Å². The van der Waals surface area contributed by atoms with E-state index in [0.717, 1.165) is 0 Å². The summed E-state index contributed by atoms with van der Waals surface area (Å²) in [5.41, 5.74) is 0. The van der Waals surface area contributed by atoms with Gasteiger partial charge in [-0.3, -0.25) is 0 Å². The van der Waals surface area contributed by atoms with E-state index in [-0.39, 0.29) is 34.1 Å². The third-order valence-electron chi connectivity index (χ3n) is 0.366. The Labute approximate surface area is 97.9 Å². The monoisotopic (exact) mass is 292 g/mol. The number of hydrogen-bond acceptors (Lipinski definition) is 4. The summed E-state index contributed by atoms with van der Waals surface area (Å²) in [5, 5.41) is 29.6. The summed E-state index contributed by atoms with van der Waals surface area (Å²) < 4.78 is 0. The van der Waals surface area contributed by atoms with Gasteiger partial charge in [-0.1, -0.05) is 0 Å². The number of carboxylic acid groups (broad SMARTS) is 4. The van der Waals surface area contributed by atoms with Crippen molar-refractivity contribution in [1.29, 1.82) is 0 Å². The molecule has 0 fully saturated rings. The summed E-state index contributed by atoms with van der Waals surface area (Å²) in [5.74, 6) is -7.30. The molecule has 0 aliphatic heterocycles. The van der Waals surface area contributed by atoms with E-state index in [1.807, 2.05) is 0 Å². The van der Waals surface area contributed by atoms with Crippen LogP contribution in [0.5, 0.6) is 0 Å². The topological polar surface area (TPSA) is 149 Å². The summed E-state index contributed by atoms with van der Waals surface area (Å²) in [6, 6.07) is 0. The van der Waals surface area contributed by atoms with Crippen molar-refractivity contribution < 1.29 is 73.7 Å². The van der Waals surface area contributed by atoms with Gasteiger partial charge in [0.25, 0.3) is 0 Å². The minimum atomic E-state index is -1.82. The number of carboxylic acids is 4. The maximum absolute atomic E-state index is 9.10. The van der Waals surface area contributed by atoms with Crippen molar-refractivity contribution in [2.75, 3.05) is 0 Å². The number of aliphatic carboxylic acids is 4. The molecule has 0 aromatic rings. The summed E-state index contributed by atoms with van der Waals surface area (Å²) in [7, 11) is 0. The fourth-order valence-electron chi connectivity index (χ4n) is 0. The van der Waals surface area contributed by atoms with Gasteiger partial charge in [0.1, 0.15) is 0 Å². The van der Waals surface area contributed by atoms with Crippen LogP contribution in [-0.4, -0.2) is 44.3 Å². The summed E-state index contributed by atoms with van der Waals surface area (Å²) >= 11 is 0. The molecular weight excluding hydrogens is 288 g/mol. The van der Waals surface area contributed by atoms with E-state index in [0.29, 0.717) is 0 Å². The van der Waals surface area contributed by atoms with Gasteiger partial charge in [0.05, 0.1) is 0 Å². The normalized spacial score (nSPS) is 6.29. The molecule has 0 unspecified atom stereocenters. The molecule has 0 saturated heterocycles. The molecule has 0 radical (unpaired) electrons. The molecule has 0 heterocycles. The van der Waals surface area contributed by atoms with E-state index in [9.17, 15) is 0 Å². The van der Waals surface area contributed by atoms with Crippen molar-refractivity contribution in [3.8, 4) is 0 Å². The summed E-state index contributed by atoms with van der Waals surface area (Å²) in [6.45, 7) is 0. The smallest absolute Gasteiger partial charge is 0.414 e. The average Bonchev–Trinajstić information content (AvgIpc) is 1.88. The maximum atomic E-state index is 9.10. The van der Waals surface area contributed by atoms with Gasteiger partial charge in [-0.2, -0.15) is 0 Å². The van der Waals surface area contributed by atoms with E-state index < -0.39 is 23.9 Å². The van der Waals surface area contributed by atoms with Crippen LogP contribution in [0.15, 0.2) is 0 Å². The van der Waals surface area contributed by atoms with Crippen molar-refractivity contribution in [3.63, 3.8) is 0 Å². The fraction of sp³-hybridized carbons (Fsp3) is 0. The Hall–Kier alpha value is -1.08. The van der Waals surface area contributed by atoms with Crippen molar-refractivity contribution in [2.45, 2.75) is 0 Å². The molecule has 0 amide bonds. The molecule has 8 nitrogen and oxygen atoms in total. The van der Waals surface area contributed by atoms with Crippen LogP contribution in [0, 0.1) is 0 Å². The van der Waals surface area contributed by atoms with Crippen LogP contribution in [0.25, 0.3) is 0 Å². The second kappa shape index (κ2) is 11.9. The molecule has 0 aromatic heterocycles. The standard InChI is InChI=1S/2C2H2O4.2Fe/c2*3-1(4)2(5)6;;/h2*(H,3,4)(H,5,6);;. The van der Waals surface area contributed by atoms with Gasteiger partial charge >= 0.3 is 23.9 Å². The summed E-state index contributed by atoms with van der Waals surface area (Å²) in [4.78, 5) is 36.4. The van der Waals surface area contributed by atoms with E-state index >= 15 is 0 Å². The minimum absolute atomic E-state index is 0. The van der Waals surface area contributed by atoms with Crippen LogP contribution in [0.2, 0.25) is 0 Å². The van der Waals surface area contributed by atoms with Crippen LogP contribution >= 0.6 is 0 Å². The van der Waals surface area contributed by atoms with Crippen molar-refractivity contribution in [2.24, 2.45) is 0 Å². The molecule has 0 spiro atoms. The van der Waals surface area contributed by atoms with Gasteiger partial charge in [0.2, 0.25) is 0 Å². The van der Waals surface area contributed by atoms with Crippen LogP contribution in [-0.2, 0) is 53.3 Å². The molecule has 4 N–H and O–H groups in total. The number of carbonyl (C=O) groups is 4. The first-order valence-electron chi connectivity index (χ1n) is 2.21. The van der Waals surface area contributed by atoms with Crippen LogP contribution in [0.4, 0.5) is 0 Å². The number of rotatable bonds is 0. The third-order valence-corrected chi connectivity index (χ3v) is 0.366. The Balaban J connectivity index is -0.0000000625. The SMILES string of the molecule is O=C(O)C(=O)O.O=C(O)C(=O)O.[Fe].[Fe]. The van der Waals surface area contributed by atoms with Gasteiger partial charge in [-0.05, 0) is 0 Å². The van der Waals surface area contributed by atoms with E-state index in [1.54, 1.807) is 0 Å². The number of hydrogen-bond donors (Lipinski definition) is 4. The first-order valence-corrected chi connectivity index (χ1v) is 2.21. The molecule has 0 aliphatic rings. The molecular formula is C4H4Fe2O8. The minimum Gasteiger partial charge on any atom is -0.473 e. The van der Waals surface area contributed by atoms with E-state index in [4.69, 9.17) is 39.6 Å². The van der Waals surface area contributed by atoms with Gasteiger partial charge in [0, 0.05) is 34.1 Å². The maximum Gasteiger partial charge on any atom is 0.414 e. The molecule has 0 rings (SSSR count). The second-order valence-electron chi connectivity index (χ2n) is 1.22. The van der Waals surface area contributed by atoms with Gasteiger partial charge in [-0.25, -0.2) is 19.2 Å². The second-order valence-corrected chi connectivity index (χ2v) is 1.22. The van der Waals surface area contributed by atoms with E-state index in [1.165, 1.54) is 0 Å². The van der Waals surface area contributed by atoms with Crippen molar-refractivity contribution in [3.05, 3.63) is 0 Å². The van der Waals surface area contributed by atoms with Crippen LogP contribution < -0.4 is 0 Å². The molecule has 14 heavy (non-hydrogen) atoms. The Morgan fingerprint density at radius 3 is 0.571 bits per heavy atom. The van der Waals surface area contributed by atoms with Crippen LogP contribution in [0.1, 0.15) is 0 Å². The molecule has 84 valence electrons. The zero-order valence-corrected chi connectivity index (χ0v) is 8.34. The zero-order valence-electron chi connectivity index (χ0n) is 6.13. The van der Waals surface area contributed by atoms with Gasteiger partial charge < -0.3 is 20.4 Å². The Bertz CT molecular complexity index is 175. The van der Waals surface area contributed by atoms with Crippen molar-refractivity contribution >= 4 is 23.9 Å². The van der Waals surface area contributed by atoms with E-state index in [2.05, 4.69) is 0 Å². The Morgan fingerprint density at radius 2 is 0.571 bits per heavy atom. The van der Waals surface area contributed by atoms with Gasteiger partial charge in [-0.15, -0.1) is 0 Å². The Kier molecular flexibility index (Phi) is 19.6. The zero-order chi connectivity index (χ0) is 10.3. The molecule has 0 saturated carbocycles. The Morgan fingerprint density at radius 1 is 0.500 bits per heavy atom. The quantitative estimate of drug-likeness (QED) is 0.305. The molecule has 10 heteroatoms. The predicted molar refractivity (Wildman–Crippen MR) is 30.5 cm³/mol. The summed E-state index contributed by atoms with van der Waals surface area (Å²) in [6.07, 6.45) is 0. The fourth-order valence-corrected chi connectivity index (χ4v) is 0. The molecule has 0 bridgehead atoms. The molecule has 0 aromatic carbocycles. The first kappa shape index (κ1) is 23.1. The third kappa shape index (κ3) is 22.4. The first-order chi connectivity index (χ1) is 5.29. The van der Waals surface area contributed by atoms with Gasteiger partial charge in [0.15, 0.2) is 0 Å². The molecule has 0 atom stereocenters. The predicted octanol–water partition coefficient (Wildman–Crippen LogP) is -1.69. The molecule has 0 aliphatic carbocycles. The van der Waals surface area contributed by atoms with Crippen molar-refractivity contribution in [1.82, 2.24) is 0 Å². The average molecular weight is 292 g/mol. The largest absolute Gasteiger partial charge is 0.473 e.